The fraction of sp³-hybridized carbons (Fsp3) is 0.167. The molecular weight excluding hydrogens is 218 g/mol. The van der Waals surface area contributed by atoms with Crippen molar-refractivity contribution in [2.45, 2.75) is 13.3 Å². The number of benzene rings is 1. The van der Waals surface area contributed by atoms with E-state index in [1.54, 1.807) is 6.07 Å². The van der Waals surface area contributed by atoms with Gasteiger partial charge in [0, 0.05) is 5.52 Å². The van der Waals surface area contributed by atoms with Gasteiger partial charge in [0.2, 0.25) is 0 Å². The summed E-state index contributed by atoms with van der Waals surface area (Å²) < 4.78 is 0. The van der Waals surface area contributed by atoms with Crippen molar-refractivity contribution in [3.8, 4) is 0 Å². The molecule has 0 bridgehead atoms. The summed E-state index contributed by atoms with van der Waals surface area (Å²) in [7, 11) is 0. The lowest BCUT2D eigenvalue weighted by Crippen LogP contribution is -2.24. The van der Waals surface area contributed by atoms with Gasteiger partial charge >= 0.3 is 0 Å². The number of fused-ring (bicyclic) bond motifs is 1. The fourth-order valence-electron chi connectivity index (χ4n) is 1.72. The first kappa shape index (κ1) is 11.2. The van der Waals surface area contributed by atoms with Crippen LogP contribution in [0.5, 0.6) is 0 Å². The van der Waals surface area contributed by atoms with E-state index in [0.717, 1.165) is 22.9 Å². The van der Waals surface area contributed by atoms with Gasteiger partial charge in [0.05, 0.1) is 5.56 Å². The molecule has 5 heteroatoms. The van der Waals surface area contributed by atoms with Crippen LogP contribution in [0.1, 0.15) is 18.1 Å². The summed E-state index contributed by atoms with van der Waals surface area (Å²) in [6.07, 6.45) is 0.911. The number of aromatic amines is 1. The lowest BCUT2D eigenvalue weighted by atomic mass is 10.1. The zero-order valence-electron chi connectivity index (χ0n) is 9.40. The summed E-state index contributed by atoms with van der Waals surface area (Å²) in [5.41, 5.74) is 7.15. The lowest BCUT2D eigenvalue weighted by Gasteiger charge is -2.03. The number of aryl methyl sites for hydroxylation is 1. The maximum Gasteiger partial charge on any atom is 0.259 e. The van der Waals surface area contributed by atoms with E-state index in [4.69, 9.17) is 10.9 Å². The van der Waals surface area contributed by atoms with Crippen LogP contribution in [-0.4, -0.2) is 16.0 Å². The van der Waals surface area contributed by atoms with Gasteiger partial charge in [-0.3, -0.25) is 4.79 Å². The van der Waals surface area contributed by atoms with Crippen LogP contribution >= 0.6 is 0 Å². The Kier molecular flexibility index (Phi) is 2.82. The van der Waals surface area contributed by atoms with Crippen molar-refractivity contribution >= 4 is 16.7 Å². The number of nitrogens with two attached hydrogens (primary N) is 1. The number of H-pyrrole nitrogens is 1. The third kappa shape index (κ3) is 1.99. The fourth-order valence-corrected chi connectivity index (χ4v) is 1.72. The highest BCUT2D eigenvalue weighted by atomic mass is 16.4. The summed E-state index contributed by atoms with van der Waals surface area (Å²) in [5, 5.41) is 12.3. The van der Waals surface area contributed by atoms with Crippen LogP contribution in [-0.2, 0) is 6.42 Å². The minimum Gasteiger partial charge on any atom is -0.409 e. The Morgan fingerprint density at radius 2 is 2.24 bits per heavy atom. The summed E-state index contributed by atoms with van der Waals surface area (Å²) in [6.45, 7) is 2.05. The predicted octanol–water partition coefficient (Wildman–Crippen LogP) is 1.19. The van der Waals surface area contributed by atoms with Crippen LogP contribution < -0.4 is 11.3 Å². The monoisotopic (exact) mass is 231 g/mol. The average molecular weight is 231 g/mol. The molecule has 4 N–H and O–H groups in total. The number of amidine groups is 1. The molecule has 0 unspecified atom stereocenters. The zero-order valence-corrected chi connectivity index (χ0v) is 9.40. The van der Waals surface area contributed by atoms with E-state index in [-0.39, 0.29) is 17.0 Å². The van der Waals surface area contributed by atoms with Gasteiger partial charge in [-0.25, -0.2) is 0 Å². The molecule has 17 heavy (non-hydrogen) atoms. The molecule has 0 spiro atoms. The van der Waals surface area contributed by atoms with E-state index in [1.165, 1.54) is 0 Å². The van der Waals surface area contributed by atoms with E-state index in [2.05, 4.69) is 17.1 Å². The summed E-state index contributed by atoms with van der Waals surface area (Å²) in [5.74, 6) is -0.185. The number of rotatable bonds is 2. The molecular formula is C12H13N3O2. The predicted molar refractivity (Wildman–Crippen MR) is 66.5 cm³/mol. The number of aromatic nitrogens is 1. The van der Waals surface area contributed by atoms with Crippen molar-refractivity contribution in [1.29, 1.82) is 0 Å². The van der Waals surface area contributed by atoms with Crippen LogP contribution in [0.2, 0.25) is 0 Å². The molecule has 0 saturated carbocycles. The molecule has 0 radical (unpaired) electrons. The topological polar surface area (TPSA) is 91.5 Å². The first-order valence-corrected chi connectivity index (χ1v) is 5.29. The van der Waals surface area contributed by atoms with Gasteiger partial charge in [-0.05, 0) is 35.6 Å². The van der Waals surface area contributed by atoms with Crippen molar-refractivity contribution < 1.29 is 5.21 Å². The Bertz CT molecular complexity index is 644. The highest BCUT2D eigenvalue weighted by molar-refractivity contribution is 5.99. The van der Waals surface area contributed by atoms with Gasteiger partial charge in [-0.2, -0.15) is 0 Å². The van der Waals surface area contributed by atoms with Crippen LogP contribution in [0, 0.1) is 0 Å². The molecule has 1 aromatic carbocycles. The van der Waals surface area contributed by atoms with E-state index in [1.807, 2.05) is 18.2 Å². The normalized spacial score (nSPS) is 11.9. The van der Waals surface area contributed by atoms with Crippen LogP contribution in [0.3, 0.4) is 0 Å². The maximum atomic E-state index is 11.7. The number of nitrogens with one attached hydrogen (secondary N) is 1. The van der Waals surface area contributed by atoms with Gasteiger partial charge in [0.25, 0.3) is 5.56 Å². The molecule has 0 atom stereocenters. The van der Waals surface area contributed by atoms with Gasteiger partial charge in [0.15, 0.2) is 5.84 Å². The molecule has 0 fully saturated rings. The first-order chi connectivity index (χ1) is 8.15. The summed E-state index contributed by atoms with van der Waals surface area (Å²) in [4.78, 5) is 14.4. The average Bonchev–Trinajstić information content (AvgIpc) is 2.36. The largest absolute Gasteiger partial charge is 0.409 e. The van der Waals surface area contributed by atoms with Gasteiger partial charge in [-0.1, -0.05) is 18.1 Å². The molecule has 1 heterocycles. The number of oxime groups is 1. The zero-order chi connectivity index (χ0) is 12.4. The van der Waals surface area contributed by atoms with Gasteiger partial charge < -0.3 is 15.9 Å². The molecule has 0 saturated heterocycles. The molecule has 0 aliphatic heterocycles. The summed E-state index contributed by atoms with van der Waals surface area (Å²) in [6, 6.07) is 7.41. The lowest BCUT2D eigenvalue weighted by molar-refractivity contribution is 0.318. The molecule has 2 aromatic rings. The van der Waals surface area contributed by atoms with Crippen LogP contribution in [0.4, 0.5) is 0 Å². The molecule has 0 aliphatic rings. The third-order valence-corrected chi connectivity index (χ3v) is 2.70. The SMILES string of the molecule is CCc1ccc2[nH]c(=O)c(/C(N)=N\O)cc2c1. The third-order valence-electron chi connectivity index (χ3n) is 2.70. The second-order valence-electron chi connectivity index (χ2n) is 3.77. The van der Waals surface area contributed by atoms with Crippen LogP contribution in [0.25, 0.3) is 10.9 Å². The maximum absolute atomic E-state index is 11.7. The van der Waals surface area contributed by atoms with Crippen molar-refractivity contribution in [2.24, 2.45) is 10.9 Å². The van der Waals surface area contributed by atoms with Gasteiger partial charge in [0.1, 0.15) is 0 Å². The standard InChI is InChI=1S/C12H13N3O2/c1-2-7-3-4-10-8(5-7)6-9(11(13)15-17)12(16)14-10/h3-6,17H,2H2,1H3,(H2,13,15)(H,14,16). The molecule has 2 rings (SSSR count). The Hall–Kier alpha value is -2.30. The quantitative estimate of drug-likeness (QED) is 0.314. The molecule has 0 aliphatic carbocycles. The highest BCUT2D eigenvalue weighted by Gasteiger charge is 2.07. The molecule has 5 nitrogen and oxygen atoms in total. The highest BCUT2D eigenvalue weighted by Crippen LogP contribution is 2.14. The Balaban J connectivity index is 2.73. The minimum absolute atomic E-state index is 0.174. The van der Waals surface area contributed by atoms with Crippen molar-refractivity contribution in [1.82, 2.24) is 4.98 Å². The molecule has 1 aromatic heterocycles. The number of hydrogen-bond donors (Lipinski definition) is 3. The summed E-state index contributed by atoms with van der Waals surface area (Å²) >= 11 is 0. The van der Waals surface area contributed by atoms with E-state index >= 15 is 0 Å². The second-order valence-corrected chi connectivity index (χ2v) is 3.77. The number of hydrogen-bond acceptors (Lipinski definition) is 3. The van der Waals surface area contributed by atoms with E-state index in [0.29, 0.717) is 0 Å². The van der Waals surface area contributed by atoms with Crippen molar-refractivity contribution in [3.63, 3.8) is 0 Å². The minimum atomic E-state index is -0.364. The van der Waals surface area contributed by atoms with Crippen molar-refractivity contribution in [3.05, 3.63) is 45.7 Å². The molecule has 88 valence electrons. The Labute approximate surface area is 97.6 Å². The number of pyridine rings is 1. The van der Waals surface area contributed by atoms with E-state index in [9.17, 15) is 4.79 Å². The Morgan fingerprint density at radius 1 is 1.47 bits per heavy atom. The number of nitrogens with zero attached hydrogens (tertiary/aromatic N) is 1. The van der Waals surface area contributed by atoms with Gasteiger partial charge in [-0.15, -0.1) is 0 Å². The first-order valence-electron chi connectivity index (χ1n) is 5.29. The Morgan fingerprint density at radius 3 is 2.88 bits per heavy atom. The smallest absolute Gasteiger partial charge is 0.259 e. The van der Waals surface area contributed by atoms with Crippen LogP contribution in [0.15, 0.2) is 34.2 Å². The van der Waals surface area contributed by atoms with Crippen molar-refractivity contribution in [2.75, 3.05) is 0 Å². The van der Waals surface area contributed by atoms with E-state index < -0.39 is 0 Å². The molecule has 0 amide bonds. The second kappa shape index (κ2) is 4.29.